The molecule has 0 unspecified atom stereocenters. The minimum absolute atomic E-state index is 0.0193. The zero-order valence-corrected chi connectivity index (χ0v) is 22.3. The van der Waals surface area contributed by atoms with Crippen LogP contribution in [0.2, 0.25) is 0 Å². The van der Waals surface area contributed by atoms with E-state index < -0.39 is 5.60 Å². The number of rotatable bonds is 7. The van der Waals surface area contributed by atoms with Crippen molar-refractivity contribution in [3.63, 3.8) is 0 Å². The monoisotopic (exact) mass is 444 g/mol. The standard InChI is InChI=1S/C30H52O2/c1-8-30(31)19-18-28(5)22(20-30)11-12-23-25-14-13-24(29(25,6)17-15-26(23)28)21(2)10-9-16-27(3,4)32-7/h11,21,23-26,31H,8-10,12-20H2,1-7H3/t21-,23+,24-,25+,26+,28+,29-,30+/m1/s1. The molecule has 184 valence electrons. The average molecular weight is 445 g/mol. The number of hydrogen-bond donors (Lipinski definition) is 1. The van der Waals surface area contributed by atoms with E-state index in [0.29, 0.717) is 10.8 Å². The summed E-state index contributed by atoms with van der Waals surface area (Å²) < 4.78 is 5.66. The number of ether oxygens (including phenoxy) is 1. The first-order valence-corrected chi connectivity index (χ1v) is 13.9. The Morgan fingerprint density at radius 1 is 1.12 bits per heavy atom. The Kier molecular flexibility index (Phi) is 6.74. The molecule has 4 aliphatic rings. The Bertz CT molecular complexity index is 710. The number of methoxy groups -OCH3 is 1. The van der Waals surface area contributed by atoms with Crippen molar-refractivity contribution in [3.8, 4) is 0 Å². The van der Waals surface area contributed by atoms with Crippen LogP contribution in [0.3, 0.4) is 0 Å². The van der Waals surface area contributed by atoms with Crippen molar-refractivity contribution in [2.45, 2.75) is 130 Å². The Labute approximate surface area is 199 Å². The lowest BCUT2D eigenvalue weighted by molar-refractivity contribution is -0.0757. The number of aliphatic hydroxyl groups is 1. The maximum absolute atomic E-state index is 11.0. The summed E-state index contributed by atoms with van der Waals surface area (Å²) in [6.07, 6.45) is 17.5. The summed E-state index contributed by atoms with van der Waals surface area (Å²) in [7, 11) is 1.85. The van der Waals surface area contributed by atoms with Crippen molar-refractivity contribution in [1.29, 1.82) is 0 Å². The van der Waals surface area contributed by atoms with E-state index in [4.69, 9.17) is 4.74 Å². The van der Waals surface area contributed by atoms with Gasteiger partial charge in [-0.3, -0.25) is 0 Å². The van der Waals surface area contributed by atoms with Crippen molar-refractivity contribution in [3.05, 3.63) is 11.6 Å². The summed E-state index contributed by atoms with van der Waals surface area (Å²) >= 11 is 0. The lowest BCUT2D eigenvalue weighted by Gasteiger charge is -2.59. The third kappa shape index (κ3) is 4.15. The van der Waals surface area contributed by atoms with Crippen LogP contribution in [0.15, 0.2) is 11.6 Å². The van der Waals surface area contributed by atoms with Crippen LogP contribution in [0, 0.1) is 40.4 Å². The molecule has 32 heavy (non-hydrogen) atoms. The fourth-order valence-electron chi connectivity index (χ4n) is 9.14. The molecule has 0 aromatic rings. The van der Waals surface area contributed by atoms with E-state index in [0.717, 1.165) is 48.9 Å². The summed E-state index contributed by atoms with van der Waals surface area (Å²) in [6.45, 7) is 14.4. The van der Waals surface area contributed by atoms with Crippen LogP contribution in [-0.4, -0.2) is 23.4 Å². The molecule has 0 aromatic carbocycles. The van der Waals surface area contributed by atoms with Gasteiger partial charge in [-0.25, -0.2) is 0 Å². The molecule has 0 amide bonds. The SMILES string of the molecule is CC[C@]1(O)CC[C@@]2(C)C(=CC[C@H]3[C@@H]4CC[C@H]([C@H](C)CCCC(C)(C)OC)[C@@]4(C)CC[C@@H]32)C1. The summed E-state index contributed by atoms with van der Waals surface area (Å²) in [5.74, 6) is 4.35. The van der Waals surface area contributed by atoms with Crippen LogP contribution in [0.25, 0.3) is 0 Å². The molecule has 8 atom stereocenters. The molecule has 4 rings (SSSR count). The highest BCUT2D eigenvalue weighted by Crippen LogP contribution is 2.67. The topological polar surface area (TPSA) is 29.5 Å². The number of fused-ring (bicyclic) bond motifs is 5. The molecule has 0 aliphatic heterocycles. The van der Waals surface area contributed by atoms with Crippen molar-refractivity contribution in [2.24, 2.45) is 40.4 Å². The molecule has 2 heteroatoms. The third-order valence-corrected chi connectivity index (χ3v) is 11.7. The zero-order valence-electron chi connectivity index (χ0n) is 22.3. The second kappa shape index (κ2) is 8.71. The minimum atomic E-state index is -0.438. The molecule has 0 aromatic heterocycles. The molecule has 0 bridgehead atoms. The molecule has 4 aliphatic carbocycles. The molecule has 0 heterocycles. The summed E-state index contributed by atoms with van der Waals surface area (Å²) in [6, 6.07) is 0. The van der Waals surface area contributed by atoms with Gasteiger partial charge in [-0.15, -0.1) is 0 Å². The van der Waals surface area contributed by atoms with Gasteiger partial charge in [-0.2, -0.15) is 0 Å². The van der Waals surface area contributed by atoms with Crippen LogP contribution < -0.4 is 0 Å². The van der Waals surface area contributed by atoms with Crippen LogP contribution in [0.5, 0.6) is 0 Å². The second-order valence-electron chi connectivity index (χ2n) is 13.6. The maximum atomic E-state index is 11.0. The number of hydrogen-bond acceptors (Lipinski definition) is 2. The summed E-state index contributed by atoms with van der Waals surface area (Å²) in [5.41, 5.74) is 2.08. The first-order valence-electron chi connectivity index (χ1n) is 13.9. The van der Waals surface area contributed by atoms with Gasteiger partial charge in [-0.1, -0.05) is 52.2 Å². The van der Waals surface area contributed by atoms with Crippen molar-refractivity contribution in [1.82, 2.24) is 0 Å². The van der Waals surface area contributed by atoms with Crippen molar-refractivity contribution in [2.75, 3.05) is 7.11 Å². The lowest BCUT2D eigenvalue weighted by Crippen LogP contribution is -2.52. The highest BCUT2D eigenvalue weighted by Gasteiger charge is 2.59. The van der Waals surface area contributed by atoms with Gasteiger partial charge in [0.2, 0.25) is 0 Å². The van der Waals surface area contributed by atoms with Crippen molar-refractivity contribution >= 4 is 0 Å². The first kappa shape index (κ1) is 24.8. The molecular formula is C30H52O2. The molecule has 0 spiro atoms. The van der Waals surface area contributed by atoms with E-state index in [2.05, 4.69) is 47.6 Å². The van der Waals surface area contributed by atoms with E-state index in [-0.39, 0.29) is 5.60 Å². The van der Waals surface area contributed by atoms with E-state index >= 15 is 0 Å². The molecule has 1 N–H and O–H groups in total. The van der Waals surface area contributed by atoms with Crippen LogP contribution in [0.4, 0.5) is 0 Å². The Morgan fingerprint density at radius 3 is 2.56 bits per heavy atom. The van der Waals surface area contributed by atoms with Gasteiger partial charge in [0.05, 0.1) is 11.2 Å². The molecular weight excluding hydrogens is 392 g/mol. The Morgan fingerprint density at radius 2 is 1.88 bits per heavy atom. The number of allylic oxidation sites excluding steroid dienone is 1. The molecule has 0 radical (unpaired) electrons. The quantitative estimate of drug-likeness (QED) is 0.404. The van der Waals surface area contributed by atoms with Gasteiger partial charge in [0.15, 0.2) is 0 Å². The van der Waals surface area contributed by atoms with E-state index in [1.807, 2.05) is 7.11 Å². The van der Waals surface area contributed by atoms with Gasteiger partial charge in [-0.05, 0) is 118 Å². The summed E-state index contributed by atoms with van der Waals surface area (Å²) in [4.78, 5) is 0. The predicted octanol–water partition coefficient (Wildman–Crippen LogP) is 7.94. The largest absolute Gasteiger partial charge is 0.390 e. The molecule has 3 saturated carbocycles. The van der Waals surface area contributed by atoms with Crippen molar-refractivity contribution < 1.29 is 9.84 Å². The average Bonchev–Trinajstić information content (AvgIpc) is 3.11. The van der Waals surface area contributed by atoms with Gasteiger partial charge < -0.3 is 9.84 Å². The normalized spacial score (nSPS) is 44.9. The smallest absolute Gasteiger partial charge is 0.0682 e. The van der Waals surface area contributed by atoms with Crippen LogP contribution in [-0.2, 0) is 4.74 Å². The lowest BCUT2D eigenvalue weighted by atomic mass is 9.46. The van der Waals surface area contributed by atoms with E-state index in [9.17, 15) is 5.11 Å². The highest BCUT2D eigenvalue weighted by molar-refractivity contribution is 5.27. The minimum Gasteiger partial charge on any atom is -0.390 e. The highest BCUT2D eigenvalue weighted by atomic mass is 16.5. The summed E-state index contributed by atoms with van der Waals surface area (Å²) in [5, 5.41) is 11.0. The van der Waals surface area contributed by atoms with E-state index in [1.54, 1.807) is 5.57 Å². The Balaban J connectivity index is 1.46. The maximum Gasteiger partial charge on any atom is 0.0682 e. The molecule has 3 fully saturated rings. The van der Waals surface area contributed by atoms with E-state index in [1.165, 1.54) is 57.8 Å². The fraction of sp³-hybridized carbons (Fsp3) is 0.933. The zero-order chi connectivity index (χ0) is 23.4. The fourth-order valence-corrected chi connectivity index (χ4v) is 9.14. The molecule has 0 saturated heterocycles. The van der Waals surface area contributed by atoms with Gasteiger partial charge in [0.1, 0.15) is 0 Å². The third-order valence-electron chi connectivity index (χ3n) is 11.7. The van der Waals surface area contributed by atoms with Gasteiger partial charge >= 0.3 is 0 Å². The second-order valence-corrected chi connectivity index (χ2v) is 13.6. The van der Waals surface area contributed by atoms with Crippen LogP contribution >= 0.6 is 0 Å². The van der Waals surface area contributed by atoms with Gasteiger partial charge in [0, 0.05) is 7.11 Å². The van der Waals surface area contributed by atoms with Gasteiger partial charge in [0.25, 0.3) is 0 Å². The van der Waals surface area contributed by atoms with Crippen LogP contribution in [0.1, 0.15) is 119 Å². The first-order chi connectivity index (χ1) is 15.0. The molecule has 2 nitrogen and oxygen atoms in total. The predicted molar refractivity (Wildman–Crippen MR) is 135 cm³/mol. The Hall–Kier alpha value is -0.340.